The molecule has 3 unspecified atom stereocenters. The molecule has 2 N–H and O–H groups in total. The van der Waals surface area contributed by atoms with E-state index in [1.165, 1.54) is 0 Å². The van der Waals surface area contributed by atoms with Gasteiger partial charge in [-0.1, -0.05) is 68.2 Å². The lowest BCUT2D eigenvalue weighted by Gasteiger charge is -2.48. The van der Waals surface area contributed by atoms with Crippen molar-refractivity contribution in [2.75, 3.05) is 0 Å². The summed E-state index contributed by atoms with van der Waals surface area (Å²) in [6, 6.07) is -1.11. The van der Waals surface area contributed by atoms with Crippen LogP contribution in [0.25, 0.3) is 0 Å². The van der Waals surface area contributed by atoms with Crippen LogP contribution in [0.4, 0.5) is 8.78 Å². The Morgan fingerprint density at radius 1 is 1.00 bits per heavy atom. The third-order valence-electron chi connectivity index (χ3n) is 6.27. The molecule has 0 saturated heterocycles. The molecule has 3 atom stereocenters. The number of alkyl halides is 2. The van der Waals surface area contributed by atoms with Crippen LogP contribution in [-0.2, 0) is 4.79 Å². The average Bonchev–Trinajstić information content (AvgIpc) is 2.45. The van der Waals surface area contributed by atoms with Crippen LogP contribution in [-0.4, -0.2) is 18.3 Å². The van der Waals surface area contributed by atoms with Crippen LogP contribution >= 0.6 is 0 Å². The lowest BCUT2D eigenvalue weighted by Crippen LogP contribution is -2.54. The van der Waals surface area contributed by atoms with Gasteiger partial charge in [0.1, 0.15) is 0 Å². The van der Waals surface area contributed by atoms with E-state index >= 15 is 0 Å². The van der Waals surface area contributed by atoms with Crippen molar-refractivity contribution in [2.24, 2.45) is 27.9 Å². The van der Waals surface area contributed by atoms with Crippen molar-refractivity contribution in [3.63, 3.8) is 0 Å². The molecule has 23 heavy (non-hydrogen) atoms. The third-order valence-corrected chi connectivity index (χ3v) is 6.27. The lowest BCUT2D eigenvalue weighted by molar-refractivity contribution is -0.142. The molecule has 138 valence electrons. The predicted molar refractivity (Wildman–Crippen MR) is 93.6 cm³/mol. The van der Waals surface area contributed by atoms with Crippen LogP contribution in [0.2, 0.25) is 0 Å². The standard InChI is InChI=1S/C19H37F2NO/c1-9-13(16(20)21)14(22)15(23)19(8,18(6,7)11-3)12-17(4,5)10-2/h13-14,16H,9-12,22H2,1-8H3. The minimum atomic E-state index is -2.56. The Morgan fingerprint density at radius 2 is 1.48 bits per heavy atom. The minimum absolute atomic E-state index is 0.0386. The summed E-state index contributed by atoms with van der Waals surface area (Å²) < 4.78 is 26.5. The zero-order valence-corrected chi connectivity index (χ0v) is 16.3. The van der Waals surface area contributed by atoms with Gasteiger partial charge in [-0.2, -0.15) is 0 Å². The van der Waals surface area contributed by atoms with E-state index in [4.69, 9.17) is 5.73 Å². The molecule has 2 nitrogen and oxygen atoms in total. The van der Waals surface area contributed by atoms with E-state index in [0.29, 0.717) is 6.42 Å². The molecule has 0 aliphatic rings. The van der Waals surface area contributed by atoms with E-state index in [1.807, 2.05) is 27.7 Å². The fourth-order valence-corrected chi connectivity index (χ4v) is 3.28. The Bertz CT molecular complexity index is 393. The summed E-state index contributed by atoms with van der Waals surface area (Å²) in [6.45, 7) is 16.1. The largest absolute Gasteiger partial charge is 0.321 e. The molecule has 0 aromatic heterocycles. The normalized spacial score (nSPS) is 18.6. The topological polar surface area (TPSA) is 43.1 Å². The van der Waals surface area contributed by atoms with Gasteiger partial charge in [-0.15, -0.1) is 0 Å². The number of hydrogen-bond acceptors (Lipinski definition) is 2. The van der Waals surface area contributed by atoms with E-state index in [9.17, 15) is 13.6 Å². The summed E-state index contributed by atoms with van der Waals surface area (Å²) in [5.41, 5.74) is 4.99. The first-order valence-corrected chi connectivity index (χ1v) is 8.87. The zero-order valence-electron chi connectivity index (χ0n) is 16.3. The van der Waals surface area contributed by atoms with Gasteiger partial charge in [0.2, 0.25) is 6.43 Å². The van der Waals surface area contributed by atoms with Crippen molar-refractivity contribution in [3.05, 3.63) is 0 Å². The Kier molecular flexibility index (Phi) is 7.87. The van der Waals surface area contributed by atoms with Crippen molar-refractivity contribution in [1.29, 1.82) is 0 Å². The molecule has 0 saturated carbocycles. The summed E-state index contributed by atoms with van der Waals surface area (Å²) in [4.78, 5) is 13.2. The maximum absolute atomic E-state index is 13.2. The molecule has 0 aromatic carbocycles. The second kappa shape index (κ2) is 8.04. The van der Waals surface area contributed by atoms with Gasteiger partial charge in [-0.05, 0) is 23.7 Å². The summed E-state index contributed by atoms with van der Waals surface area (Å²) in [5.74, 6) is -1.28. The molecule has 0 heterocycles. The van der Waals surface area contributed by atoms with Crippen molar-refractivity contribution in [2.45, 2.75) is 93.5 Å². The summed E-state index contributed by atoms with van der Waals surface area (Å²) in [6.07, 6.45) is 0.0325. The molecule has 0 fully saturated rings. The first kappa shape index (κ1) is 22.5. The molecule has 0 aliphatic carbocycles. The van der Waals surface area contributed by atoms with Crippen LogP contribution < -0.4 is 5.73 Å². The molecule has 0 aliphatic heterocycles. The number of Topliss-reactive ketones (excluding diaryl/α,β-unsaturated/α-hetero) is 1. The first-order chi connectivity index (χ1) is 10.3. The fraction of sp³-hybridized carbons (Fsp3) is 0.947. The number of rotatable bonds is 10. The SMILES string of the molecule is CCC(C(F)F)C(N)C(=O)C(C)(CC(C)(C)CC)C(C)(C)CC. The first-order valence-electron chi connectivity index (χ1n) is 8.87. The molecular weight excluding hydrogens is 296 g/mol. The predicted octanol–water partition coefficient (Wildman–Crippen LogP) is 5.44. The van der Waals surface area contributed by atoms with E-state index in [-0.39, 0.29) is 23.0 Å². The second-order valence-electron chi connectivity index (χ2n) is 8.56. The third kappa shape index (κ3) is 4.98. The van der Waals surface area contributed by atoms with Gasteiger partial charge in [0.15, 0.2) is 5.78 Å². The van der Waals surface area contributed by atoms with E-state index in [2.05, 4.69) is 20.8 Å². The highest BCUT2D eigenvalue weighted by Crippen LogP contribution is 2.51. The maximum atomic E-state index is 13.2. The van der Waals surface area contributed by atoms with Crippen LogP contribution in [0.15, 0.2) is 0 Å². The second-order valence-corrected chi connectivity index (χ2v) is 8.56. The van der Waals surface area contributed by atoms with Gasteiger partial charge >= 0.3 is 0 Å². The fourth-order valence-electron chi connectivity index (χ4n) is 3.28. The lowest BCUT2D eigenvalue weighted by atomic mass is 9.55. The van der Waals surface area contributed by atoms with Crippen LogP contribution in [0.5, 0.6) is 0 Å². The Morgan fingerprint density at radius 3 is 1.78 bits per heavy atom. The van der Waals surface area contributed by atoms with Crippen molar-refractivity contribution >= 4 is 5.78 Å². The van der Waals surface area contributed by atoms with Gasteiger partial charge in [-0.3, -0.25) is 4.79 Å². The highest BCUT2D eigenvalue weighted by atomic mass is 19.3. The molecule has 0 rings (SSSR count). The molecule has 0 amide bonds. The highest BCUT2D eigenvalue weighted by Gasteiger charge is 2.51. The number of ketones is 1. The van der Waals surface area contributed by atoms with Gasteiger partial charge in [-0.25, -0.2) is 8.78 Å². The highest BCUT2D eigenvalue weighted by molar-refractivity contribution is 5.90. The summed E-state index contributed by atoms with van der Waals surface area (Å²) in [7, 11) is 0. The van der Waals surface area contributed by atoms with Crippen molar-refractivity contribution < 1.29 is 13.6 Å². The number of hydrogen-bond donors (Lipinski definition) is 1. The number of halogens is 2. The van der Waals surface area contributed by atoms with Gasteiger partial charge < -0.3 is 5.73 Å². The smallest absolute Gasteiger partial charge is 0.243 e. The quantitative estimate of drug-likeness (QED) is 0.578. The molecule has 0 aromatic rings. The minimum Gasteiger partial charge on any atom is -0.321 e. The Labute approximate surface area is 141 Å². The molecule has 4 heteroatoms. The van der Waals surface area contributed by atoms with Crippen LogP contribution in [0, 0.1) is 22.2 Å². The van der Waals surface area contributed by atoms with E-state index in [1.54, 1.807) is 6.92 Å². The van der Waals surface area contributed by atoms with E-state index < -0.39 is 23.8 Å². The van der Waals surface area contributed by atoms with E-state index in [0.717, 1.165) is 12.8 Å². The number of carbonyl (C=O) groups excluding carboxylic acids is 1. The van der Waals surface area contributed by atoms with Gasteiger partial charge in [0.25, 0.3) is 0 Å². The number of carbonyl (C=O) groups is 1. The Hall–Kier alpha value is -0.510. The average molecular weight is 334 g/mol. The van der Waals surface area contributed by atoms with Gasteiger partial charge in [0, 0.05) is 11.3 Å². The zero-order chi connectivity index (χ0) is 18.6. The van der Waals surface area contributed by atoms with Crippen LogP contribution in [0.3, 0.4) is 0 Å². The summed E-state index contributed by atoms with van der Waals surface area (Å²) >= 11 is 0. The molecule has 0 bridgehead atoms. The molecular formula is C19H37F2NO. The maximum Gasteiger partial charge on any atom is 0.243 e. The monoisotopic (exact) mass is 333 g/mol. The van der Waals surface area contributed by atoms with Gasteiger partial charge in [0.05, 0.1) is 6.04 Å². The van der Waals surface area contributed by atoms with Crippen LogP contribution in [0.1, 0.15) is 81.1 Å². The molecule has 0 radical (unpaired) electrons. The van der Waals surface area contributed by atoms with Crippen molar-refractivity contribution in [3.8, 4) is 0 Å². The Balaban J connectivity index is 5.83. The summed E-state index contributed by atoms with van der Waals surface area (Å²) in [5, 5.41) is 0. The molecule has 0 spiro atoms. The van der Waals surface area contributed by atoms with Crippen molar-refractivity contribution in [1.82, 2.24) is 0 Å². The number of nitrogens with two attached hydrogens (primary N) is 1.